The maximum atomic E-state index is 14.2. The number of aromatic nitrogens is 4. The van der Waals surface area contributed by atoms with Crippen LogP contribution >= 0.6 is 11.3 Å². The van der Waals surface area contributed by atoms with Crippen LogP contribution in [0.3, 0.4) is 0 Å². The fourth-order valence-corrected chi connectivity index (χ4v) is 5.15. The summed E-state index contributed by atoms with van der Waals surface area (Å²) in [5.74, 6) is 0.539. The summed E-state index contributed by atoms with van der Waals surface area (Å²) in [6.07, 6.45) is -0.422. The van der Waals surface area contributed by atoms with Gasteiger partial charge in [0, 0.05) is 35.5 Å². The Morgan fingerprint density at radius 3 is 2.76 bits per heavy atom. The number of rotatable bonds is 6. The average Bonchev–Trinajstić information content (AvgIpc) is 3.51. The van der Waals surface area contributed by atoms with Crippen LogP contribution in [0.5, 0.6) is 11.6 Å². The highest BCUT2D eigenvalue weighted by Crippen LogP contribution is 2.45. The number of hydrogen-bond donors (Lipinski definition) is 1. The first-order chi connectivity index (χ1) is 18.1. The molecule has 0 unspecified atom stereocenters. The summed E-state index contributed by atoms with van der Waals surface area (Å²) >= 11 is 1.41. The first-order valence-electron chi connectivity index (χ1n) is 12.1. The molecule has 12 heteroatoms. The lowest BCUT2D eigenvalue weighted by molar-refractivity contribution is 0.0190. The first kappa shape index (κ1) is 25.9. The molecule has 0 fully saturated rings. The molecular weight excluding hydrogens is 513 g/mol. The summed E-state index contributed by atoms with van der Waals surface area (Å²) in [7, 11) is 1.56. The van der Waals surface area contributed by atoms with E-state index >= 15 is 0 Å². The molecule has 10 nitrogen and oxygen atoms in total. The van der Waals surface area contributed by atoms with Gasteiger partial charge in [-0.05, 0) is 44.4 Å². The van der Waals surface area contributed by atoms with Gasteiger partial charge in [0.15, 0.2) is 0 Å². The third-order valence-electron chi connectivity index (χ3n) is 5.87. The minimum atomic E-state index is -0.613. The number of pyridine rings is 1. The van der Waals surface area contributed by atoms with Crippen molar-refractivity contribution in [3.63, 3.8) is 0 Å². The van der Waals surface area contributed by atoms with Crippen LogP contribution in [0, 0.1) is 5.82 Å². The number of thiophene rings is 1. The number of hydrogen-bond acceptors (Lipinski definition) is 9. The number of nitrogens with zero attached hydrogens (tertiary/aromatic N) is 5. The molecule has 4 aromatic rings. The Bertz CT molecular complexity index is 1500. The fourth-order valence-electron chi connectivity index (χ4n) is 4.20. The van der Waals surface area contributed by atoms with E-state index in [-0.39, 0.29) is 24.9 Å². The highest BCUT2D eigenvalue weighted by atomic mass is 32.1. The van der Waals surface area contributed by atoms with Crippen molar-refractivity contribution in [2.75, 3.05) is 26.9 Å². The van der Waals surface area contributed by atoms with Crippen molar-refractivity contribution >= 4 is 27.5 Å². The molecule has 38 heavy (non-hydrogen) atoms. The van der Waals surface area contributed by atoms with Gasteiger partial charge in [0.1, 0.15) is 35.3 Å². The van der Waals surface area contributed by atoms with Crippen molar-refractivity contribution in [2.45, 2.75) is 39.5 Å². The number of fused-ring (bicyclic) bond motifs is 2. The van der Waals surface area contributed by atoms with E-state index in [2.05, 4.69) is 15.1 Å². The van der Waals surface area contributed by atoms with Crippen LogP contribution in [0.1, 0.15) is 26.6 Å². The molecule has 1 aromatic carbocycles. The molecule has 0 atom stereocenters. The number of halogens is 1. The molecule has 4 heterocycles. The van der Waals surface area contributed by atoms with Crippen molar-refractivity contribution in [3.05, 3.63) is 41.3 Å². The van der Waals surface area contributed by atoms with Gasteiger partial charge in [-0.15, -0.1) is 16.4 Å². The summed E-state index contributed by atoms with van der Waals surface area (Å²) in [5, 5.41) is 17.8. The van der Waals surface area contributed by atoms with E-state index < -0.39 is 17.5 Å². The lowest BCUT2D eigenvalue weighted by Crippen LogP contribution is -2.41. The standard InChI is InChI=1S/C26H28FN5O5S/c1-26(2,3)37-25(34)31-8-9-32-19(14-31)28-23(30-32)21-20(22-17(7-12-38-22)24(33)29-21)16-6-5-15(27)13-18(16)36-11-10-35-4/h5-7,12-13H,8-11,14H2,1-4H3,(H,29,33). The quantitative estimate of drug-likeness (QED) is 0.345. The predicted octanol–water partition coefficient (Wildman–Crippen LogP) is 4.84. The SMILES string of the molecule is COCCOc1cc(F)ccc1-c1c(-c2nc3n(n2)CCN(C(=O)OC(C)(C)C)C3)nc(O)c2ccsc12. The van der Waals surface area contributed by atoms with Gasteiger partial charge in [0.05, 0.1) is 25.1 Å². The van der Waals surface area contributed by atoms with Gasteiger partial charge < -0.3 is 19.3 Å². The van der Waals surface area contributed by atoms with E-state index in [0.29, 0.717) is 53.5 Å². The fraction of sp³-hybridized carbons (Fsp3) is 0.385. The second kappa shape index (κ2) is 10.2. The number of benzene rings is 1. The lowest BCUT2D eigenvalue weighted by Gasteiger charge is -2.29. The maximum Gasteiger partial charge on any atom is 0.410 e. The van der Waals surface area contributed by atoms with Crippen LogP contribution in [0.25, 0.3) is 32.7 Å². The summed E-state index contributed by atoms with van der Waals surface area (Å²) in [5.41, 5.74) is 0.914. The van der Waals surface area contributed by atoms with Crippen molar-refractivity contribution in [1.29, 1.82) is 0 Å². The van der Waals surface area contributed by atoms with E-state index in [9.17, 15) is 14.3 Å². The molecule has 0 aliphatic carbocycles. The van der Waals surface area contributed by atoms with E-state index in [1.165, 1.54) is 23.5 Å². The normalized spacial score (nSPS) is 13.6. The maximum absolute atomic E-state index is 14.2. The number of amides is 1. The summed E-state index contributed by atoms with van der Waals surface area (Å²) in [4.78, 5) is 23.4. The van der Waals surface area contributed by atoms with Crippen molar-refractivity contribution in [3.8, 4) is 34.3 Å². The number of carbonyl (C=O) groups is 1. The molecule has 5 rings (SSSR count). The van der Waals surface area contributed by atoms with Crippen molar-refractivity contribution < 1.29 is 28.5 Å². The number of ether oxygens (including phenoxy) is 3. The van der Waals surface area contributed by atoms with E-state index in [1.54, 1.807) is 28.8 Å². The van der Waals surface area contributed by atoms with Crippen LogP contribution < -0.4 is 4.74 Å². The molecular formula is C26H28FN5O5S. The molecule has 0 bridgehead atoms. The van der Waals surface area contributed by atoms with Crippen LogP contribution in [-0.4, -0.2) is 68.3 Å². The Morgan fingerprint density at radius 1 is 1.18 bits per heavy atom. The van der Waals surface area contributed by atoms with Crippen molar-refractivity contribution in [1.82, 2.24) is 24.6 Å². The van der Waals surface area contributed by atoms with Gasteiger partial charge in [-0.1, -0.05) is 0 Å². The summed E-state index contributed by atoms with van der Waals surface area (Å²) in [6.45, 7) is 7.05. The zero-order valence-corrected chi connectivity index (χ0v) is 22.3. The molecule has 0 saturated carbocycles. The van der Waals surface area contributed by atoms with Crippen LogP contribution in [0.15, 0.2) is 29.6 Å². The second-order valence-electron chi connectivity index (χ2n) is 9.78. The Kier molecular flexibility index (Phi) is 6.93. The Morgan fingerprint density at radius 2 is 2.00 bits per heavy atom. The van der Waals surface area contributed by atoms with E-state index in [0.717, 1.165) is 4.70 Å². The number of carbonyl (C=O) groups excluding carboxylic acids is 1. The largest absolute Gasteiger partial charge is 0.493 e. The lowest BCUT2D eigenvalue weighted by atomic mass is 10.0. The molecule has 200 valence electrons. The van der Waals surface area contributed by atoms with Gasteiger partial charge in [-0.25, -0.2) is 23.8 Å². The number of methoxy groups -OCH3 is 1. The molecule has 3 aromatic heterocycles. The highest BCUT2D eigenvalue weighted by molar-refractivity contribution is 7.17. The Hall–Kier alpha value is -3.77. The molecule has 0 radical (unpaired) electrons. The van der Waals surface area contributed by atoms with Gasteiger partial charge in [-0.3, -0.25) is 4.90 Å². The minimum absolute atomic E-state index is 0.160. The Balaban J connectivity index is 1.59. The van der Waals surface area contributed by atoms with Gasteiger partial charge >= 0.3 is 6.09 Å². The zero-order chi connectivity index (χ0) is 27.0. The third kappa shape index (κ3) is 5.14. The second-order valence-corrected chi connectivity index (χ2v) is 10.7. The Labute approximate surface area is 222 Å². The minimum Gasteiger partial charge on any atom is -0.493 e. The average molecular weight is 542 g/mol. The van der Waals surface area contributed by atoms with Gasteiger partial charge in [0.25, 0.3) is 0 Å². The molecule has 1 N–H and O–H groups in total. The first-order valence-corrected chi connectivity index (χ1v) is 13.0. The molecule has 1 aliphatic heterocycles. The monoisotopic (exact) mass is 541 g/mol. The van der Waals surface area contributed by atoms with Crippen LogP contribution in [0.4, 0.5) is 9.18 Å². The zero-order valence-electron chi connectivity index (χ0n) is 21.5. The van der Waals surface area contributed by atoms with Gasteiger partial charge in [-0.2, -0.15) is 0 Å². The summed E-state index contributed by atoms with van der Waals surface area (Å²) < 4.78 is 33.2. The van der Waals surface area contributed by atoms with E-state index in [4.69, 9.17) is 14.2 Å². The smallest absolute Gasteiger partial charge is 0.410 e. The highest BCUT2D eigenvalue weighted by Gasteiger charge is 2.30. The molecule has 1 aliphatic rings. The third-order valence-corrected chi connectivity index (χ3v) is 6.80. The molecule has 1 amide bonds. The van der Waals surface area contributed by atoms with Crippen LogP contribution in [-0.2, 0) is 22.6 Å². The van der Waals surface area contributed by atoms with Crippen molar-refractivity contribution in [2.24, 2.45) is 0 Å². The number of aromatic hydroxyl groups is 1. The van der Waals surface area contributed by atoms with E-state index in [1.807, 2.05) is 26.2 Å². The van der Waals surface area contributed by atoms with Crippen LogP contribution in [0.2, 0.25) is 0 Å². The van der Waals surface area contributed by atoms with Gasteiger partial charge in [0.2, 0.25) is 11.7 Å². The molecule has 0 spiro atoms. The summed E-state index contributed by atoms with van der Waals surface area (Å²) in [6, 6.07) is 6.05. The predicted molar refractivity (Wildman–Crippen MR) is 140 cm³/mol. The topological polar surface area (TPSA) is 112 Å². The molecule has 0 saturated heterocycles.